The van der Waals surface area contributed by atoms with Gasteiger partial charge in [0, 0.05) is 25.7 Å². The van der Waals surface area contributed by atoms with Crippen LogP contribution in [0, 0.1) is 0 Å². The molecule has 0 radical (unpaired) electrons. The van der Waals surface area contributed by atoms with Gasteiger partial charge in [-0.15, -0.1) is 12.4 Å². The Bertz CT molecular complexity index is 494. The molecule has 0 aliphatic carbocycles. The van der Waals surface area contributed by atoms with Crippen LogP contribution in [-0.2, 0) is 11.0 Å². The van der Waals surface area contributed by atoms with Crippen molar-refractivity contribution < 1.29 is 22.7 Å². The number of rotatable bonds is 3. The molecule has 1 saturated heterocycles. The fraction of sp³-hybridized carbons (Fsp3) is 0.500. The first-order chi connectivity index (χ1) is 9.86. The Labute approximate surface area is 133 Å². The summed E-state index contributed by atoms with van der Waals surface area (Å²) in [6, 6.07) is 4.54. The van der Waals surface area contributed by atoms with Crippen molar-refractivity contribution in [1.29, 1.82) is 0 Å². The van der Waals surface area contributed by atoms with Crippen molar-refractivity contribution in [3.8, 4) is 5.75 Å². The molecule has 0 saturated carbocycles. The van der Waals surface area contributed by atoms with Gasteiger partial charge in [-0.25, -0.2) is 0 Å². The second-order valence-corrected chi connectivity index (χ2v) is 5.01. The first kappa shape index (κ1) is 18.6. The maximum atomic E-state index is 12.4. The number of nitrogens with zero attached hydrogens (tertiary/aromatic N) is 1. The number of carbonyl (C=O) groups excluding carboxylic acids is 1. The monoisotopic (exact) mass is 338 g/mol. The normalized spacial score (nSPS) is 18.5. The first-order valence-electron chi connectivity index (χ1n) is 6.67. The molecule has 1 amide bonds. The molecule has 124 valence electrons. The van der Waals surface area contributed by atoms with Crippen molar-refractivity contribution in [2.45, 2.75) is 19.1 Å². The number of carbonyl (C=O) groups is 1. The van der Waals surface area contributed by atoms with Crippen LogP contribution in [0.5, 0.6) is 5.75 Å². The number of hydrogen-bond acceptors (Lipinski definition) is 3. The van der Waals surface area contributed by atoms with E-state index in [2.05, 4.69) is 5.32 Å². The molecule has 1 aromatic rings. The molecule has 0 spiro atoms. The smallest absolute Gasteiger partial charge is 0.416 e. The highest BCUT2D eigenvalue weighted by molar-refractivity contribution is 5.85. The van der Waals surface area contributed by atoms with Gasteiger partial charge in [-0.2, -0.15) is 13.2 Å². The van der Waals surface area contributed by atoms with E-state index in [4.69, 9.17) is 4.74 Å². The van der Waals surface area contributed by atoms with Crippen LogP contribution in [0.4, 0.5) is 13.2 Å². The predicted octanol–water partition coefficient (Wildman–Crippen LogP) is 2.33. The molecule has 1 heterocycles. The highest BCUT2D eigenvalue weighted by Crippen LogP contribution is 2.30. The Hall–Kier alpha value is -1.47. The fourth-order valence-electron chi connectivity index (χ4n) is 2.14. The third kappa shape index (κ3) is 5.06. The summed E-state index contributed by atoms with van der Waals surface area (Å²) in [6.45, 7) is 3.76. The van der Waals surface area contributed by atoms with Crippen molar-refractivity contribution in [1.82, 2.24) is 10.2 Å². The van der Waals surface area contributed by atoms with Crippen LogP contribution >= 0.6 is 12.4 Å². The Kier molecular flexibility index (Phi) is 6.49. The van der Waals surface area contributed by atoms with Gasteiger partial charge in [0.2, 0.25) is 0 Å². The molecule has 1 atom stereocenters. The van der Waals surface area contributed by atoms with Gasteiger partial charge in [0.25, 0.3) is 5.91 Å². The molecule has 0 bridgehead atoms. The zero-order chi connectivity index (χ0) is 15.5. The maximum absolute atomic E-state index is 12.4. The summed E-state index contributed by atoms with van der Waals surface area (Å²) in [7, 11) is 0. The summed E-state index contributed by atoms with van der Waals surface area (Å²) in [4.78, 5) is 13.6. The van der Waals surface area contributed by atoms with Crippen LogP contribution in [0.3, 0.4) is 0 Å². The van der Waals surface area contributed by atoms with Gasteiger partial charge in [0.05, 0.1) is 5.56 Å². The van der Waals surface area contributed by atoms with Gasteiger partial charge in [-0.3, -0.25) is 4.79 Å². The third-order valence-corrected chi connectivity index (χ3v) is 3.27. The van der Waals surface area contributed by atoms with Gasteiger partial charge in [-0.1, -0.05) is 0 Å². The summed E-state index contributed by atoms with van der Waals surface area (Å²) in [5.74, 6) is 0.0859. The molecule has 1 fully saturated rings. The topological polar surface area (TPSA) is 41.6 Å². The zero-order valence-corrected chi connectivity index (χ0v) is 12.8. The molecule has 22 heavy (non-hydrogen) atoms. The molecular formula is C14H18ClF3N2O2. The van der Waals surface area contributed by atoms with E-state index in [1.165, 1.54) is 12.1 Å². The van der Waals surface area contributed by atoms with E-state index in [0.29, 0.717) is 13.1 Å². The average molecular weight is 339 g/mol. The van der Waals surface area contributed by atoms with Crippen molar-refractivity contribution in [2.75, 3.05) is 26.2 Å². The van der Waals surface area contributed by atoms with Gasteiger partial charge in [0.15, 0.2) is 6.61 Å². The van der Waals surface area contributed by atoms with E-state index in [-0.39, 0.29) is 36.7 Å². The lowest BCUT2D eigenvalue weighted by Crippen LogP contribution is -2.52. The number of nitrogens with one attached hydrogen (secondary N) is 1. The fourth-order valence-corrected chi connectivity index (χ4v) is 2.14. The molecule has 1 N–H and O–H groups in total. The average Bonchev–Trinajstić information content (AvgIpc) is 2.44. The third-order valence-electron chi connectivity index (χ3n) is 3.27. The van der Waals surface area contributed by atoms with Crippen LogP contribution in [0.2, 0.25) is 0 Å². The summed E-state index contributed by atoms with van der Waals surface area (Å²) >= 11 is 0. The maximum Gasteiger partial charge on any atom is 0.416 e. The molecule has 1 aromatic carbocycles. The van der Waals surface area contributed by atoms with E-state index in [1.54, 1.807) is 4.90 Å². The van der Waals surface area contributed by atoms with Crippen LogP contribution in [0.1, 0.15) is 12.5 Å². The zero-order valence-electron chi connectivity index (χ0n) is 12.0. The van der Waals surface area contributed by atoms with Gasteiger partial charge < -0.3 is 15.0 Å². The molecule has 4 nitrogen and oxygen atoms in total. The molecule has 2 rings (SSSR count). The summed E-state index contributed by atoms with van der Waals surface area (Å²) in [6.07, 6.45) is -4.37. The lowest BCUT2D eigenvalue weighted by Gasteiger charge is -2.31. The van der Waals surface area contributed by atoms with Crippen LogP contribution in [-0.4, -0.2) is 43.1 Å². The molecule has 1 aliphatic heterocycles. The minimum Gasteiger partial charge on any atom is -0.484 e. The van der Waals surface area contributed by atoms with Crippen molar-refractivity contribution >= 4 is 18.3 Å². The molecular weight excluding hydrogens is 321 g/mol. The van der Waals surface area contributed by atoms with Crippen molar-refractivity contribution in [3.05, 3.63) is 29.8 Å². The standard InChI is InChI=1S/C14H17F3N2O2.ClH/c1-10-8-19(7-6-18-10)13(20)9-21-12-4-2-11(3-5-12)14(15,16)17;/h2-5,10,18H,6-9H2,1H3;1H. The minimum absolute atomic E-state index is 0. The molecule has 1 aliphatic rings. The van der Waals surface area contributed by atoms with E-state index in [9.17, 15) is 18.0 Å². The van der Waals surface area contributed by atoms with Crippen molar-refractivity contribution in [2.24, 2.45) is 0 Å². The van der Waals surface area contributed by atoms with Gasteiger partial charge in [-0.05, 0) is 31.2 Å². The van der Waals surface area contributed by atoms with E-state index < -0.39 is 11.7 Å². The lowest BCUT2D eigenvalue weighted by atomic mass is 10.2. The molecule has 8 heteroatoms. The van der Waals surface area contributed by atoms with Crippen LogP contribution in [0.15, 0.2) is 24.3 Å². The minimum atomic E-state index is -4.37. The number of piperazine rings is 1. The Balaban J connectivity index is 0.00000242. The summed E-state index contributed by atoms with van der Waals surface area (Å²) in [5, 5.41) is 3.22. The number of ether oxygens (including phenoxy) is 1. The first-order valence-corrected chi connectivity index (χ1v) is 6.67. The lowest BCUT2D eigenvalue weighted by molar-refractivity contribution is -0.138. The Morgan fingerprint density at radius 2 is 2.00 bits per heavy atom. The SMILES string of the molecule is CC1CN(C(=O)COc2ccc(C(F)(F)F)cc2)CCN1.Cl. The number of amides is 1. The highest BCUT2D eigenvalue weighted by Gasteiger charge is 2.30. The van der Waals surface area contributed by atoms with E-state index in [1.807, 2.05) is 6.92 Å². The summed E-state index contributed by atoms with van der Waals surface area (Å²) in [5.41, 5.74) is -0.739. The largest absolute Gasteiger partial charge is 0.484 e. The van der Waals surface area contributed by atoms with Crippen LogP contribution in [0.25, 0.3) is 0 Å². The summed E-state index contributed by atoms with van der Waals surface area (Å²) < 4.78 is 42.5. The number of halogens is 4. The molecule has 0 aromatic heterocycles. The second kappa shape index (κ2) is 7.69. The molecule has 1 unspecified atom stereocenters. The quantitative estimate of drug-likeness (QED) is 0.919. The number of benzene rings is 1. The Morgan fingerprint density at radius 1 is 1.36 bits per heavy atom. The van der Waals surface area contributed by atoms with Crippen LogP contribution < -0.4 is 10.1 Å². The van der Waals surface area contributed by atoms with Gasteiger partial charge >= 0.3 is 6.18 Å². The highest BCUT2D eigenvalue weighted by atomic mass is 35.5. The number of alkyl halides is 3. The predicted molar refractivity (Wildman–Crippen MR) is 78.2 cm³/mol. The van der Waals surface area contributed by atoms with E-state index >= 15 is 0 Å². The van der Waals surface area contributed by atoms with Gasteiger partial charge in [0.1, 0.15) is 5.75 Å². The number of hydrogen-bond donors (Lipinski definition) is 1. The van der Waals surface area contributed by atoms with Crippen molar-refractivity contribution in [3.63, 3.8) is 0 Å². The second-order valence-electron chi connectivity index (χ2n) is 5.01. The van der Waals surface area contributed by atoms with E-state index in [0.717, 1.165) is 18.7 Å². The Morgan fingerprint density at radius 3 is 2.55 bits per heavy atom.